The molecule has 0 saturated carbocycles. The van der Waals surface area contributed by atoms with Gasteiger partial charge in [-0.2, -0.15) is 4.72 Å². The number of amides is 1. The monoisotopic (exact) mass is 284 g/mol. The van der Waals surface area contributed by atoms with Crippen molar-refractivity contribution >= 4 is 15.9 Å². The normalized spacial score (nSPS) is 13.5. The van der Waals surface area contributed by atoms with Crippen LogP contribution >= 0.6 is 0 Å². The fraction of sp³-hybridized carbons (Fsp3) is 0.462. The molecule has 1 amide bonds. The first kappa shape index (κ1) is 15.7. The fourth-order valence-corrected chi connectivity index (χ4v) is 3.08. The van der Waals surface area contributed by atoms with Crippen LogP contribution in [0.3, 0.4) is 0 Å². The number of nitrogens with two attached hydrogens (primary N) is 1. The van der Waals surface area contributed by atoms with Gasteiger partial charge in [-0.25, -0.2) is 8.42 Å². The molecule has 5 nitrogen and oxygen atoms in total. The van der Waals surface area contributed by atoms with Crippen LogP contribution in [0.4, 0.5) is 0 Å². The summed E-state index contributed by atoms with van der Waals surface area (Å²) in [5.41, 5.74) is 7.10. The lowest BCUT2D eigenvalue weighted by molar-refractivity contribution is -0.120. The molecule has 0 fully saturated rings. The summed E-state index contributed by atoms with van der Waals surface area (Å²) < 4.78 is 26.7. The molecule has 3 N–H and O–H groups in total. The number of primary amides is 1. The minimum Gasteiger partial charge on any atom is -0.368 e. The van der Waals surface area contributed by atoms with Gasteiger partial charge in [0.15, 0.2) is 0 Å². The van der Waals surface area contributed by atoms with Gasteiger partial charge in [0.05, 0.1) is 4.90 Å². The van der Waals surface area contributed by atoms with E-state index in [9.17, 15) is 13.2 Å². The van der Waals surface area contributed by atoms with Crippen LogP contribution in [0.25, 0.3) is 0 Å². The number of benzene rings is 1. The summed E-state index contributed by atoms with van der Waals surface area (Å²) in [6.07, 6.45) is 0. The Bertz CT molecular complexity index is 580. The van der Waals surface area contributed by atoms with E-state index in [0.717, 1.165) is 11.1 Å². The summed E-state index contributed by atoms with van der Waals surface area (Å²) in [6, 6.07) is 3.92. The molecule has 0 spiro atoms. The minimum absolute atomic E-state index is 0.141. The molecule has 0 heterocycles. The Kier molecular flexibility index (Phi) is 4.70. The average Bonchev–Trinajstić information content (AvgIpc) is 2.28. The van der Waals surface area contributed by atoms with Crippen LogP contribution in [-0.2, 0) is 14.8 Å². The molecular weight excluding hydrogens is 264 g/mol. The summed E-state index contributed by atoms with van der Waals surface area (Å²) >= 11 is 0. The lowest BCUT2D eigenvalue weighted by Gasteiger charge is -2.19. The highest BCUT2D eigenvalue weighted by atomic mass is 32.2. The van der Waals surface area contributed by atoms with Crippen molar-refractivity contribution in [3.05, 3.63) is 29.3 Å². The van der Waals surface area contributed by atoms with Gasteiger partial charge in [-0.1, -0.05) is 19.9 Å². The molecule has 6 heteroatoms. The minimum atomic E-state index is -3.74. The topological polar surface area (TPSA) is 89.3 Å². The van der Waals surface area contributed by atoms with Crippen LogP contribution in [0, 0.1) is 19.8 Å². The molecule has 0 radical (unpaired) electrons. The number of aryl methyl sites for hydroxylation is 2. The molecule has 1 atom stereocenters. The van der Waals surface area contributed by atoms with Crippen molar-refractivity contribution in [2.24, 2.45) is 11.7 Å². The van der Waals surface area contributed by atoms with Crippen molar-refractivity contribution in [2.45, 2.75) is 38.6 Å². The third-order valence-corrected chi connectivity index (χ3v) is 4.48. The van der Waals surface area contributed by atoms with Gasteiger partial charge >= 0.3 is 0 Å². The SMILES string of the molecule is Cc1ccc(S(=O)(=O)NC(C(N)=O)C(C)C)cc1C. The average molecular weight is 284 g/mol. The smallest absolute Gasteiger partial charge is 0.241 e. The molecule has 1 unspecified atom stereocenters. The van der Waals surface area contributed by atoms with Crippen LogP contribution in [0.5, 0.6) is 0 Å². The number of nitrogens with one attached hydrogen (secondary N) is 1. The van der Waals surface area contributed by atoms with E-state index in [-0.39, 0.29) is 10.8 Å². The van der Waals surface area contributed by atoms with Gasteiger partial charge in [-0.15, -0.1) is 0 Å². The van der Waals surface area contributed by atoms with Crippen LogP contribution in [-0.4, -0.2) is 20.4 Å². The van der Waals surface area contributed by atoms with Gasteiger partial charge < -0.3 is 5.73 Å². The second kappa shape index (κ2) is 5.71. The molecule has 0 aliphatic heterocycles. The highest BCUT2D eigenvalue weighted by Gasteiger charge is 2.26. The van der Waals surface area contributed by atoms with E-state index in [1.54, 1.807) is 26.0 Å². The lowest BCUT2D eigenvalue weighted by Crippen LogP contribution is -2.47. The number of hydrogen-bond donors (Lipinski definition) is 2. The molecule has 0 aliphatic rings. The second-order valence-electron chi connectivity index (χ2n) is 4.99. The number of carbonyl (C=O) groups is 1. The molecular formula is C13H20N2O3S. The van der Waals surface area contributed by atoms with Crippen molar-refractivity contribution in [2.75, 3.05) is 0 Å². The zero-order valence-corrected chi connectivity index (χ0v) is 12.4. The maximum atomic E-state index is 12.2. The highest BCUT2D eigenvalue weighted by molar-refractivity contribution is 7.89. The van der Waals surface area contributed by atoms with E-state index in [4.69, 9.17) is 5.73 Å². The quantitative estimate of drug-likeness (QED) is 0.848. The Labute approximate surface area is 114 Å². The van der Waals surface area contributed by atoms with E-state index in [0.29, 0.717) is 0 Å². The van der Waals surface area contributed by atoms with E-state index in [1.165, 1.54) is 6.07 Å². The van der Waals surface area contributed by atoms with Gasteiger partial charge in [0.1, 0.15) is 6.04 Å². The first-order valence-corrected chi connectivity index (χ1v) is 7.52. The van der Waals surface area contributed by atoms with E-state index >= 15 is 0 Å². The zero-order valence-electron chi connectivity index (χ0n) is 11.6. The first-order chi connectivity index (χ1) is 8.65. The van der Waals surface area contributed by atoms with Crippen molar-refractivity contribution in [3.8, 4) is 0 Å². The van der Waals surface area contributed by atoms with Crippen molar-refractivity contribution in [1.29, 1.82) is 0 Å². The van der Waals surface area contributed by atoms with Crippen molar-refractivity contribution in [1.82, 2.24) is 4.72 Å². The van der Waals surface area contributed by atoms with Crippen LogP contribution in [0.1, 0.15) is 25.0 Å². The number of hydrogen-bond acceptors (Lipinski definition) is 3. The van der Waals surface area contributed by atoms with E-state index in [1.807, 2.05) is 13.8 Å². The molecule has 1 aromatic carbocycles. The van der Waals surface area contributed by atoms with Crippen molar-refractivity contribution < 1.29 is 13.2 Å². The van der Waals surface area contributed by atoms with Gasteiger partial charge in [0.2, 0.25) is 15.9 Å². The number of sulfonamides is 1. The predicted octanol–water partition coefficient (Wildman–Crippen LogP) is 1.09. The van der Waals surface area contributed by atoms with E-state index in [2.05, 4.69) is 4.72 Å². The Balaban J connectivity index is 3.10. The van der Waals surface area contributed by atoms with Gasteiger partial charge in [-0.05, 0) is 43.0 Å². The zero-order chi connectivity index (χ0) is 14.8. The Morgan fingerprint density at radius 3 is 2.21 bits per heavy atom. The molecule has 0 aromatic heterocycles. The maximum Gasteiger partial charge on any atom is 0.241 e. The molecule has 0 aliphatic carbocycles. The molecule has 19 heavy (non-hydrogen) atoms. The predicted molar refractivity (Wildman–Crippen MR) is 74.1 cm³/mol. The number of rotatable bonds is 5. The summed E-state index contributed by atoms with van der Waals surface area (Å²) in [7, 11) is -3.74. The van der Waals surface area contributed by atoms with Crippen LogP contribution < -0.4 is 10.5 Å². The third kappa shape index (κ3) is 3.78. The molecule has 0 saturated heterocycles. The summed E-state index contributed by atoms with van der Waals surface area (Å²) in [5.74, 6) is -0.888. The second-order valence-corrected chi connectivity index (χ2v) is 6.71. The summed E-state index contributed by atoms with van der Waals surface area (Å²) in [4.78, 5) is 11.4. The largest absolute Gasteiger partial charge is 0.368 e. The summed E-state index contributed by atoms with van der Waals surface area (Å²) in [6.45, 7) is 7.21. The molecule has 1 rings (SSSR count). The fourth-order valence-electron chi connectivity index (χ4n) is 1.64. The van der Waals surface area contributed by atoms with Crippen LogP contribution in [0.15, 0.2) is 23.1 Å². The van der Waals surface area contributed by atoms with Crippen LogP contribution in [0.2, 0.25) is 0 Å². The van der Waals surface area contributed by atoms with Gasteiger partial charge in [0, 0.05) is 0 Å². The Morgan fingerprint density at radius 1 is 1.21 bits per heavy atom. The van der Waals surface area contributed by atoms with Gasteiger partial charge in [0.25, 0.3) is 0 Å². The first-order valence-electron chi connectivity index (χ1n) is 6.04. The molecule has 1 aromatic rings. The number of carbonyl (C=O) groups excluding carboxylic acids is 1. The molecule has 0 bridgehead atoms. The maximum absolute atomic E-state index is 12.2. The van der Waals surface area contributed by atoms with E-state index < -0.39 is 22.0 Å². The van der Waals surface area contributed by atoms with Crippen molar-refractivity contribution in [3.63, 3.8) is 0 Å². The standard InChI is InChI=1S/C13H20N2O3S/c1-8(2)12(13(14)16)15-19(17,18)11-6-5-9(3)10(4)7-11/h5-8,12,15H,1-4H3,(H2,14,16). The highest BCUT2D eigenvalue weighted by Crippen LogP contribution is 2.16. The Morgan fingerprint density at radius 2 is 1.79 bits per heavy atom. The molecule has 106 valence electrons. The Hall–Kier alpha value is -1.40. The lowest BCUT2D eigenvalue weighted by atomic mass is 10.1. The van der Waals surface area contributed by atoms with Gasteiger partial charge in [-0.3, -0.25) is 4.79 Å². The summed E-state index contributed by atoms with van der Waals surface area (Å²) in [5, 5.41) is 0. The third-order valence-electron chi connectivity index (χ3n) is 3.04.